The van der Waals surface area contributed by atoms with Crippen molar-refractivity contribution in [2.75, 3.05) is 32.7 Å². The first-order valence-electron chi connectivity index (χ1n) is 8.72. The largest absolute Gasteiger partial charge is 0.374 e. The number of piperidine rings is 1. The molecule has 2 saturated heterocycles. The maximum Gasteiger partial charge on any atom is 0.263 e. The van der Waals surface area contributed by atoms with Crippen molar-refractivity contribution in [3.63, 3.8) is 0 Å². The Labute approximate surface area is 138 Å². The van der Waals surface area contributed by atoms with Crippen LogP contribution in [0, 0.1) is 11.8 Å². The number of likely N-dealkylation sites (tertiary alicyclic amines) is 2. The van der Waals surface area contributed by atoms with Gasteiger partial charge < -0.3 is 9.64 Å². The van der Waals surface area contributed by atoms with Gasteiger partial charge in [0.05, 0.1) is 25.3 Å². The molecule has 2 atom stereocenters. The van der Waals surface area contributed by atoms with Crippen molar-refractivity contribution in [3.05, 3.63) is 0 Å². The predicted octanol–water partition coefficient (Wildman–Crippen LogP) is 2.63. The van der Waals surface area contributed by atoms with Crippen molar-refractivity contribution in [1.82, 2.24) is 9.80 Å². The van der Waals surface area contributed by atoms with Crippen LogP contribution in [0.3, 0.4) is 0 Å². The van der Waals surface area contributed by atoms with Gasteiger partial charge in [-0.2, -0.15) is 0 Å². The van der Waals surface area contributed by atoms with Gasteiger partial charge in [-0.1, -0.05) is 13.8 Å². The van der Waals surface area contributed by atoms with Gasteiger partial charge in [-0.15, -0.1) is 0 Å². The van der Waals surface area contributed by atoms with Crippen molar-refractivity contribution in [1.29, 1.82) is 0 Å². The fraction of sp³-hybridized carbons (Fsp3) is 0.941. The molecule has 0 aromatic heterocycles. The van der Waals surface area contributed by atoms with Crippen LogP contribution >= 0.6 is 0 Å². The second-order valence-electron chi connectivity index (χ2n) is 7.55. The highest BCUT2D eigenvalue weighted by molar-refractivity contribution is 5.78. The van der Waals surface area contributed by atoms with Crippen LogP contribution in [0.5, 0.6) is 0 Å². The average Bonchev–Trinajstić information content (AvgIpc) is 2.84. The fourth-order valence-electron chi connectivity index (χ4n) is 3.73. The van der Waals surface area contributed by atoms with E-state index in [1.807, 2.05) is 27.7 Å². The molecular weight excluding hydrogens is 302 g/mol. The number of carbonyl (C=O) groups excluding carboxylic acids is 1. The minimum Gasteiger partial charge on any atom is -0.374 e. The first kappa shape index (κ1) is 18.6. The van der Waals surface area contributed by atoms with E-state index in [9.17, 15) is 13.6 Å². The van der Waals surface area contributed by atoms with Crippen LogP contribution in [0.2, 0.25) is 0 Å². The van der Waals surface area contributed by atoms with Gasteiger partial charge in [0.15, 0.2) is 0 Å². The molecule has 0 radical (unpaired) electrons. The number of alkyl halides is 2. The maximum absolute atomic E-state index is 14.2. The summed E-state index contributed by atoms with van der Waals surface area (Å²) in [4.78, 5) is 15.7. The zero-order valence-electron chi connectivity index (χ0n) is 14.7. The summed E-state index contributed by atoms with van der Waals surface area (Å²) in [5.74, 6) is -3.38. The van der Waals surface area contributed by atoms with Gasteiger partial charge in [0.25, 0.3) is 5.92 Å². The molecule has 2 aliphatic rings. The molecule has 2 rings (SSSR count). The Morgan fingerprint density at radius 2 is 1.91 bits per heavy atom. The second-order valence-corrected chi connectivity index (χ2v) is 7.55. The van der Waals surface area contributed by atoms with E-state index in [1.165, 1.54) is 0 Å². The molecule has 0 aliphatic carbocycles. The summed E-state index contributed by atoms with van der Waals surface area (Å²) in [6, 6.07) is 0. The molecule has 0 saturated carbocycles. The molecular formula is C17H30F2N2O2. The SMILES string of the molecule is CC(C)OC1CCN(C(=O)CN2CCC(C(C)C)C(F)(F)C2)C1. The number of carbonyl (C=O) groups is 1. The Morgan fingerprint density at radius 3 is 2.48 bits per heavy atom. The van der Waals surface area contributed by atoms with Gasteiger partial charge in [-0.25, -0.2) is 8.78 Å². The Balaban J connectivity index is 1.83. The average molecular weight is 332 g/mol. The number of hydrogen-bond acceptors (Lipinski definition) is 3. The van der Waals surface area contributed by atoms with E-state index in [1.54, 1.807) is 9.80 Å². The van der Waals surface area contributed by atoms with Gasteiger partial charge >= 0.3 is 0 Å². The van der Waals surface area contributed by atoms with Crippen LogP contribution in [0.1, 0.15) is 40.5 Å². The molecule has 0 aromatic carbocycles. The van der Waals surface area contributed by atoms with E-state index >= 15 is 0 Å². The molecule has 0 bridgehead atoms. The van der Waals surface area contributed by atoms with Gasteiger partial charge in [0.1, 0.15) is 0 Å². The predicted molar refractivity (Wildman–Crippen MR) is 85.5 cm³/mol. The maximum atomic E-state index is 14.2. The topological polar surface area (TPSA) is 32.8 Å². The number of rotatable bonds is 5. The highest BCUT2D eigenvalue weighted by Gasteiger charge is 2.46. The Bertz CT molecular complexity index is 415. The molecule has 2 fully saturated rings. The summed E-state index contributed by atoms with van der Waals surface area (Å²) in [6.07, 6.45) is 1.50. The first-order chi connectivity index (χ1) is 10.7. The summed E-state index contributed by atoms with van der Waals surface area (Å²) in [7, 11) is 0. The smallest absolute Gasteiger partial charge is 0.263 e. The van der Waals surface area contributed by atoms with E-state index in [4.69, 9.17) is 4.74 Å². The van der Waals surface area contributed by atoms with E-state index < -0.39 is 11.8 Å². The molecule has 23 heavy (non-hydrogen) atoms. The Kier molecular flexibility index (Phi) is 6.00. The van der Waals surface area contributed by atoms with Crippen LogP contribution < -0.4 is 0 Å². The number of amides is 1. The van der Waals surface area contributed by atoms with Crippen LogP contribution in [-0.4, -0.2) is 66.6 Å². The minimum atomic E-state index is -2.71. The molecule has 2 aliphatic heterocycles. The summed E-state index contributed by atoms with van der Waals surface area (Å²) in [5, 5.41) is 0. The van der Waals surface area contributed by atoms with Crippen molar-refractivity contribution in [2.45, 2.75) is 58.7 Å². The highest BCUT2D eigenvalue weighted by Crippen LogP contribution is 2.37. The van der Waals surface area contributed by atoms with Crippen molar-refractivity contribution in [3.8, 4) is 0 Å². The third kappa shape index (κ3) is 4.86. The fourth-order valence-corrected chi connectivity index (χ4v) is 3.73. The lowest BCUT2D eigenvalue weighted by molar-refractivity contribution is -0.142. The first-order valence-corrected chi connectivity index (χ1v) is 8.72. The summed E-state index contributed by atoms with van der Waals surface area (Å²) in [6.45, 7) is 9.25. The molecule has 0 N–H and O–H groups in total. The van der Waals surface area contributed by atoms with Crippen LogP contribution in [-0.2, 0) is 9.53 Å². The van der Waals surface area contributed by atoms with Crippen molar-refractivity contribution < 1.29 is 18.3 Å². The lowest BCUT2D eigenvalue weighted by Crippen LogP contribution is -2.52. The molecule has 0 aromatic rings. The number of hydrogen-bond donors (Lipinski definition) is 0. The second kappa shape index (κ2) is 7.43. The third-order valence-corrected chi connectivity index (χ3v) is 4.86. The minimum absolute atomic E-state index is 0.0321. The Morgan fingerprint density at radius 1 is 1.22 bits per heavy atom. The highest BCUT2D eigenvalue weighted by atomic mass is 19.3. The van der Waals surface area contributed by atoms with Crippen LogP contribution in [0.15, 0.2) is 0 Å². The van der Waals surface area contributed by atoms with Crippen LogP contribution in [0.4, 0.5) is 8.78 Å². The number of halogens is 2. The number of nitrogens with zero attached hydrogens (tertiary/aromatic N) is 2. The number of ether oxygens (including phenoxy) is 1. The van der Waals surface area contributed by atoms with Gasteiger partial charge in [-0.05, 0) is 39.2 Å². The normalized spacial score (nSPS) is 28.8. The van der Waals surface area contributed by atoms with Crippen molar-refractivity contribution in [2.24, 2.45) is 11.8 Å². The zero-order chi connectivity index (χ0) is 17.2. The summed E-state index contributed by atoms with van der Waals surface area (Å²) in [5.41, 5.74) is 0. The standard InChI is InChI=1S/C17H30F2N2O2/c1-12(2)15-6-7-20(11-17(15,18)19)10-16(22)21-8-5-14(9-21)23-13(3)4/h12-15H,5-11H2,1-4H3. The molecule has 2 unspecified atom stereocenters. The van der Waals surface area contributed by atoms with E-state index in [0.717, 1.165) is 6.42 Å². The molecule has 4 nitrogen and oxygen atoms in total. The van der Waals surface area contributed by atoms with E-state index in [2.05, 4.69) is 0 Å². The molecule has 6 heteroatoms. The lowest BCUT2D eigenvalue weighted by atomic mass is 9.83. The van der Waals surface area contributed by atoms with Crippen molar-refractivity contribution >= 4 is 5.91 Å². The molecule has 1 amide bonds. The summed E-state index contributed by atoms with van der Waals surface area (Å²) < 4.78 is 34.2. The zero-order valence-corrected chi connectivity index (χ0v) is 14.7. The van der Waals surface area contributed by atoms with Gasteiger partial charge in [-0.3, -0.25) is 9.69 Å². The Hall–Kier alpha value is -0.750. The van der Waals surface area contributed by atoms with E-state index in [0.29, 0.717) is 26.1 Å². The summed E-state index contributed by atoms with van der Waals surface area (Å²) >= 11 is 0. The molecule has 0 spiro atoms. The monoisotopic (exact) mass is 332 g/mol. The van der Waals surface area contributed by atoms with E-state index in [-0.39, 0.29) is 37.1 Å². The lowest BCUT2D eigenvalue weighted by Gasteiger charge is -2.40. The van der Waals surface area contributed by atoms with Gasteiger partial charge in [0.2, 0.25) is 5.91 Å². The third-order valence-electron chi connectivity index (χ3n) is 4.86. The molecule has 2 heterocycles. The molecule has 134 valence electrons. The van der Waals surface area contributed by atoms with Gasteiger partial charge in [0, 0.05) is 19.0 Å². The van der Waals surface area contributed by atoms with Crippen LogP contribution in [0.25, 0.3) is 0 Å². The quantitative estimate of drug-likeness (QED) is 0.776.